The molecule has 2 aliphatic heterocycles. The number of halogens is 4. The fraction of sp³-hybridized carbons (Fsp3) is 1.00. The van der Waals surface area contributed by atoms with Crippen LogP contribution in [0.25, 0.3) is 0 Å². The minimum absolute atomic E-state index is 0. The van der Waals surface area contributed by atoms with Gasteiger partial charge in [-0.15, -0.1) is 12.4 Å². The second-order valence-corrected chi connectivity index (χ2v) is 3.84. The molecule has 1 aliphatic carbocycles. The van der Waals surface area contributed by atoms with E-state index in [1.165, 1.54) is 0 Å². The Labute approximate surface area is 80.0 Å². The van der Waals surface area contributed by atoms with Crippen molar-refractivity contribution in [2.75, 3.05) is 13.2 Å². The number of alkyl halides is 3. The minimum Gasteiger partial charge on any atom is -0.365 e. The largest absolute Gasteiger partial charge is 0.417 e. The van der Waals surface area contributed by atoms with Crippen LogP contribution >= 0.6 is 12.4 Å². The number of hydrogen-bond donors (Lipinski definition) is 1. The zero-order valence-corrected chi connectivity index (χ0v) is 7.67. The van der Waals surface area contributed by atoms with Crippen LogP contribution in [0, 0.1) is 5.41 Å². The summed E-state index contributed by atoms with van der Waals surface area (Å²) in [4.78, 5) is 0. The van der Waals surface area contributed by atoms with Gasteiger partial charge in [-0.2, -0.15) is 13.2 Å². The van der Waals surface area contributed by atoms with E-state index in [-0.39, 0.29) is 37.3 Å². The molecule has 0 spiro atoms. The summed E-state index contributed by atoms with van der Waals surface area (Å²) in [6, 6.07) is 0. The van der Waals surface area contributed by atoms with Gasteiger partial charge in [0.2, 0.25) is 0 Å². The van der Waals surface area contributed by atoms with Gasteiger partial charge in [0.25, 0.3) is 0 Å². The molecule has 1 saturated carbocycles. The standard InChI is InChI=1S/C7H10F3NO.ClH/c8-7(9,10)6-1-5(2-6,3-11)4-12-6;/h1-4,11H2;1H. The van der Waals surface area contributed by atoms with Crippen LogP contribution in [0.5, 0.6) is 0 Å². The van der Waals surface area contributed by atoms with E-state index in [0.717, 1.165) is 0 Å². The van der Waals surface area contributed by atoms with Crippen molar-refractivity contribution in [1.82, 2.24) is 0 Å². The molecule has 3 fully saturated rings. The molecule has 0 aromatic rings. The van der Waals surface area contributed by atoms with Crippen molar-refractivity contribution in [3.8, 4) is 0 Å². The molecule has 0 amide bonds. The fourth-order valence-electron chi connectivity index (χ4n) is 2.14. The van der Waals surface area contributed by atoms with Gasteiger partial charge in [0.05, 0.1) is 6.61 Å². The van der Waals surface area contributed by atoms with Gasteiger partial charge < -0.3 is 10.5 Å². The van der Waals surface area contributed by atoms with Gasteiger partial charge in [0.15, 0.2) is 5.60 Å². The van der Waals surface area contributed by atoms with Crippen LogP contribution in [-0.2, 0) is 4.74 Å². The number of nitrogens with two attached hydrogens (primary N) is 1. The smallest absolute Gasteiger partial charge is 0.365 e. The van der Waals surface area contributed by atoms with E-state index in [4.69, 9.17) is 10.5 Å². The Morgan fingerprint density at radius 2 is 1.85 bits per heavy atom. The van der Waals surface area contributed by atoms with Crippen LogP contribution in [0.1, 0.15) is 12.8 Å². The summed E-state index contributed by atoms with van der Waals surface area (Å²) < 4.78 is 41.7. The lowest BCUT2D eigenvalue weighted by atomic mass is 9.62. The first-order valence-electron chi connectivity index (χ1n) is 3.84. The summed E-state index contributed by atoms with van der Waals surface area (Å²) in [5, 5.41) is 0. The molecule has 2 heterocycles. The van der Waals surface area contributed by atoms with Crippen LogP contribution in [0.4, 0.5) is 13.2 Å². The molecule has 0 radical (unpaired) electrons. The molecule has 78 valence electrons. The monoisotopic (exact) mass is 217 g/mol. The van der Waals surface area contributed by atoms with Crippen LogP contribution in [0.15, 0.2) is 0 Å². The van der Waals surface area contributed by atoms with Crippen molar-refractivity contribution in [1.29, 1.82) is 0 Å². The van der Waals surface area contributed by atoms with Gasteiger partial charge >= 0.3 is 6.18 Å². The van der Waals surface area contributed by atoms with E-state index in [1.54, 1.807) is 0 Å². The lowest BCUT2D eigenvalue weighted by Crippen LogP contribution is -2.56. The molecular formula is C7H11ClF3NO. The fourth-order valence-corrected chi connectivity index (χ4v) is 2.14. The molecule has 2 nitrogen and oxygen atoms in total. The third-order valence-corrected chi connectivity index (χ3v) is 2.93. The predicted molar refractivity (Wildman–Crippen MR) is 42.7 cm³/mol. The first-order chi connectivity index (χ1) is 5.43. The molecule has 2 bridgehead atoms. The number of rotatable bonds is 1. The molecule has 0 unspecified atom stereocenters. The first-order valence-corrected chi connectivity index (χ1v) is 3.84. The summed E-state index contributed by atoms with van der Waals surface area (Å²) >= 11 is 0. The molecule has 6 heteroatoms. The van der Waals surface area contributed by atoms with Crippen LogP contribution in [0.3, 0.4) is 0 Å². The summed E-state index contributed by atoms with van der Waals surface area (Å²) in [6.45, 7) is 0.466. The van der Waals surface area contributed by atoms with Gasteiger partial charge in [-0.1, -0.05) is 0 Å². The van der Waals surface area contributed by atoms with Crippen molar-refractivity contribution in [2.24, 2.45) is 11.1 Å². The maximum atomic E-state index is 12.3. The molecule has 0 aromatic heterocycles. The highest BCUT2D eigenvalue weighted by molar-refractivity contribution is 5.85. The van der Waals surface area contributed by atoms with Gasteiger partial charge in [-0.05, 0) is 12.8 Å². The average molecular weight is 218 g/mol. The van der Waals surface area contributed by atoms with E-state index < -0.39 is 11.8 Å². The average Bonchev–Trinajstić information content (AvgIpc) is 2.37. The van der Waals surface area contributed by atoms with E-state index in [9.17, 15) is 13.2 Å². The van der Waals surface area contributed by atoms with Crippen molar-refractivity contribution in [2.45, 2.75) is 24.6 Å². The highest BCUT2D eigenvalue weighted by Crippen LogP contribution is 2.63. The summed E-state index contributed by atoms with van der Waals surface area (Å²) in [5.41, 5.74) is 3.15. The summed E-state index contributed by atoms with van der Waals surface area (Å²) in [7, 11) is 0. The Kier molecular flexibility index (Phi) is 2.34. The Morgan fingerprint density at radius 3 is 2.08 bits per heavy atom. The Hall–Kier alpha value is -0.0000000000000000555. The molecule has 0 atom stereocenters. The molecule has 3 aliphatic rings. The second-order valence-electron chi connectivity index (χ2n) is 3.84. The highest BCUT2D eigenvalue weighted by Gasteiger charge is 2.73. The lowest BCUT2D eigenvalue weighted by molar-refractivity contribution is -0.276. The molecule has 2 N–H and O–H groups in total. The summed E-state index contributed by atoms with van der Waals surface area (Å²) in [6.07, 6.45) is -4.11. The zero-order valence-electron chi connectivity index (χ0n) is 6.86. The zero-order chi connectivity index (χ0) is 9.04. The maximum Gasteiger partial charge on any atom is 0.417 e. The Morgan fingerprint density at radius 1 is 1.31 bits per heavy atom. The third kappa shape index (κ3) is 1.25. The van der Waals surface area contributed by atoms with Gasteiger partial charge in [-0.3, -0.25) is 0 Å². The van der Waals surface area contributed by atoms with E-state index in [1.807, 2.05) is 0 Å². The van der Waals surface area contributed by atoms with Crippen molar-refractivity contribution >= 4 is 12.4 Å². The molecule has 13 heavy (non-hydrogen) atoms. The number of ether oxygens (including phenoxy) is 1. The van der Waals surface area contributed by atoms with Gasteiger partial charge in [0, 0.05) is 12.0 Å². The molecular weight excluding hydrogens is 207 g/mol. The maximum absolute atomic E-state index is 12.3. The van der Waals surface area contributed by atoms with Crippen molar-refractivity contribution < 1.29 is 17.9 Å². The second kappa shape index (κ2) is 2.74. The minimum atomic E-state index is -4.22. The van der Waals surface area contributed by atoms with Gasteiger partial charge in [0.1, 0.15) is 0 Å². The molecule has 0 aromatic carbocycles. The molecule has 2 saturated heterocycles. The van der Waals surface area contributed by atoms with Crippen LogP contribution < -0.4 is 5.73 Å². The van der Waals surface area contributed by atoms with Gasteiger partial charge in [-0.25, -0.2) is 0 Å². The van der Waals surface area contributed by atoms with Crippen molar-refractivity contribution in [3.05, 3.63) is 0 Å². The van der Waals surface area contributed by atoms with E-state index in [0.29, 0.717) is 6.54 Å². The Balaban J connectivity index is 0.000000845. The molecule has 3 rings (SSSR count). The van der Waals surface area contributed by atoms with E-state index in [2.05, 4.69) is 0 Å². The van der Waals surface area contributed by atoms with E-state index >= 15 is 0 Å². The number of hydrogen-bond acceptors (Lipinski definition) is 2. The highest BCUT2D eigenvalue weighted by atomic mass is 35.5. The first kappa shape index (κ1) is 11.1. The van der Waals surface area contributed by atoms with Crippen LogP contribution in [0.2, 0.25) is 0 Å². The lowest BCUT2D eigenvalue weighted by Gasteiger charge is -2.44. The van der Waals surface area contributed by atoms with Crippen LogP contribution in [-0.4, -0.2) is 24.9 Å². The number of fused-ring (bicyclic) bond motifs is 1. The normalized spacial score (nSPS) is 42.5. The van der Waals surface area contributed by atoms with Crippen molar-refractivity contribution in [3.63, 3.8) is 0 Å². The quantitative estimate of drug-likeness (QED) is 0.722. The topological polar surface area (TPSA) is 35.2 Å². The predicted octanol–water partition coefficient (Wildman–Crippen LogP) is 1.48. The summed E-state index contributed by atoms with van der Waals surface area (Å²) in [5.74, 6) is 0. The Bertz CT molecular complexity index is 212. The third-order valence-electron chi connectivity index (χ3n) is 2.93. The SMILES string of the molecule is Cl.NCC12COC(C(F)(F)F)(C1)C2.